The van der Waals surface area contributed by atoms with Crippen LogP contribution in [0.1, 0.15) is 56.3 Å². The number of piperidine rings is 1. The van der Waals surface area contributed by atoms with E-state index in [-0.39, 0.29) is 47.3 Å². The zero-order valence-electron chi connectivity index (χ0n) is 29.6. The summed E-state index contributed by atoms with van der Waals surface area (Å²) in [6, 6.07) is 14.0. The minimum atomic E-state index is -1.18. The molecule has 2 fully saturated rings. The van der Waals surface area contributed by atoms with Crippen LogP contribution in [-0.2, 0) is 41.6 Å². The van der Waals surface area contributed by atoms with Gasteiger partial charge < -0.3 is 25.8 Å². The third-order valence-corrected chi connectivity index (χ3v) is 11.0. The molecule has 2 aromatic carbocycles. The summed E-state index contributed by atoms with van der Waals surface area (Å²) in [5.41, 5.74) is 2.95. The van der Waals surface area contributed by atoms with Crippen LogP contribution in [0.25, 0.3) is 0 Å². The number of hydrogen-bond donors (Lipinski definition) is 3. The molecule has 0 bridgehead atoms. The summed E-state index contributed by atoms with van der Waals surface area (Å²) in [6.45, 7) is 9.76. The standard InChI is InChI=1S/C39H49N5O6/c1-7-8-18-29(34(46)36(48)40-21-30(45)42-32(38(50)43(5)6)24-14-10-9-11-15-24)41-35(47)33-31-28(39(31,3)4)22-44(33)37(49)23(2)27-19-25-16-12-13-17-26(25)20-27/h7,9-17,23,27-29,31-33H,1,8,18-22H2,2-6H3,(H,40,48)(H,41,47)(H,42,45)/t23-,28-,29?,31-,32-,33-/m0/s1. The number of carbonyl (C=O) groups excluding carboxylic acids is 6. The molecule has 266 valence electrons. The summed E-state index contributed by atoms with van der Waals surface area (Å²) in [7, 11) is 3.14. The molecule has 0 spiro atoms. The fourth-order valence-corrected chi connectivity index (χ4v) is 7.84. The van der Waals surface area contributed by atoms with Gasteiger partial charge in [-0.15, -0.1) is 6.58 Å². The van der Waals surface area contributed by atoms with E-state index in [4.69, 9.17) is 0 Å². The molecule has 5 rings (SSSR count). The van der Waals surface area contributed by atoms with E-state index in [1.54, 1.807) is 55.4 Å². The van der Waals surface area contributed by atoms with Crippen LogP contribution in [0.3, 0.4) is 0 Å². The highest BCUT2D eigenvalue weighted by Crippen LogP contribution is 2.65. The van der Waals surface area contributed by atoms with Gasteiger partial charge in [-0.25, -0.2) is 0 Å². The first-order chi connectivity index (χ1) is 23.8. The molecule has 1 unspecified atom stereocenters. The Kier molecular flexibility index (Phi) is 10.9. The smallest absolute Gasteiger partial charge is 0.290 e. The molecule has 1 saturated carbocycles. The number of rotatable bonds is 14. The maximum absolute atomic E-state index is 14.0. The molecule has 2 aromatic rings. The van der Waals surface area contributed by atoms with Gasteiger partial charge >= 0.3 is 0 Å². The van der Waals surface area contributed by atoms with Crippen molar-refractivity contribution in [3.8, 4) is 0 Å². The van der Waals surface area contributed by atoms with Crippen molar-refractivity contribution in [3.63, 3.8) is 0 Å². The molecule has 11 nitrogen and oxygen atoms in total. The second-order valence-corrected chi connectivity index (χ2v) is 14.7. The Morgan fingerprint density at radius 3 is 2.18 bits per heavy atom. The minimum absolute atomic E-state index is 0.0606. The Balaban J connectivity index is 1.23. The fourth-order valence-electron chi connectivity index (χ4n) is 7.84. The molecular formula is C39H49N5O6. The topological polar surface area (TPSA) is 145 Å². The lowest BCUT2D eigenvalue weighted by Crippen LogP contribution is -2.56. The first-order valence-electron chi connectivity index (χ1n) is 17.4. The molecule has 0 aromatic heterocycles. The molecule has 2 aliphatic carbocycles. The van der Waals surface area contributed by atoms with Crippen LogP contribution < -0.4 is 16.0 Å². The first kappa shape index (κ1) is 36.5. The van der Waals surface area contributed by atoms with Gasteiger partial charge in [0.2, 0.25) is 29.4 Å². The van der Waals surface area contributed by atoms with Gasteiger partial charge in [0.1, 0.15) is 12.1 Å². The molecule has 1 heterocycles. The van der Waals surface area contributed by atoms with E-state index in [0.29, 0.717) is 18.5 Å². The van der Waals surface area contributed by atoms with Crippen LogP contribution in [0.2, 0.25) is 0 Å². The molecule has 3 N–H and O–H groups in total. The number of likely N-dealkylation sites (tertiary alicyclic amines) is 1. The molecule has 0 radical (unpaired) electrons. The predicted molar refractivity (Wildman–Crippen MR) is 188 cm³/mol. The van der Waals surface area contributed by atoms with Crippen molar-refractivity contribution in [2.24, 2.45) is 29.1 Å². The number of Topliss-reactive ketones (excluding diaryl/α,β-unsaturated/α-hetero) is 1. The summed E-state index contributed by atoms with van der Waals surface area (Å²) in [5, 5.41) is 7.79. The minimum Gasteiger partial charge on any atom is -0.347 e. The van der Waals surface area contributed by atoms with E-state index in [0.717, 1.165) is 12.8 Å². The molecule has 1 saturated heterocycles. The maximum Gasteiger partial charge on any atom is 0.290 e. The molecule has 50 heavy (non-hydrogen) atoms. The quantitative estimate of drug-likeness (QED) is 0.206. The third-order valence-electron chi connectivity index (χ3n) is 11.0. The first-order valence-corrected chi connectivity index (χ1v) is 17.4. The van der Waals surface area contributed by atoms with Crippen LogP contribution in [0.15, 0.2) is 67.3 Å². The molecule has 6 atom stereocenters. The van der Waals surface area contributed by atoms with Crippen LogP contribution in [0.4, 0.5) is 0 Å². The van der Waals surface area contributed by atoms with Crippen molar-refractivity contribution in [1.82, 2.24) is 25.8 Å². The average Bonchev–Trinajstić information content (AvgIpc) is 3.46. The van der Waals surface area contributed by atoms with E-state index >= 15 is 0 Å². The highest BCUT2D eigenvalue weighted by molar-refractivity contribution is 6.38. The van der Waals surface area contributed by atoms with Gasteiger partial charge in [-0.3, -0.25) is 28.8 Å². The predicted octanol–water partition coefficient (Wildman–Crippen LogP) is 2.60. The van der Waals surface area contributed by atoms with Crippen molar-refractivity contribution >= 4 is 35.3 Å². The van der Waals surface area contributed by atoms with Crippen molar-refractivity contribution in [2.75, 3.05) is 27.2 Å². The van der Waals surface area contributed by atoms with Crippen LogP contribution in [0.5, 0.6) is 0 Å². The van der Waals surface area contributed by atoms with Gasteiger partial charge in [0.15, 0.2) is 0 Å². The van der Waals surface area contributed by atoms with Crippen LogP contribution in [-0.4, -0.2) is 84.4 Å². The van der Waals surface area contributed by atoms with Crippen molar-refractivity contribution in [1.29, 1.82) is 0 Å². The lowest BCUT2D eigenvalue weighted by molar-refractivity contribution is -0.145. The Labute approximate surface area is 294 Å². The Hall–Kier alpha value is -4.80. The van der Waals surface area contributed by atoms with E-state index in [9.17, 15) is 28.8 Å². The Morgan fingerprint density at radius 1 is 0.960 bits per heavy atom. The van der Waals surface area contributed by atoms with Gasteiger partial charge in [0, 0.05) is 26.6 Å². The lowest BCUT2D eigenvalue weighted by atomic mass is 9.89. The van der Waals surface area contributed by atoms with Crippen molar-refractivity contribution in [3.05, 3.63) is 83.9 Å². The lowest BCUT2D eigenvalue weighted by Gasteiger charge is -2.34. The Bertz CT molecular complexity index is 1630. The summed E-state index contributed by atoms with van der Waals surface area (Å²) >= 11 is 0. The third kappa shape index (κ3) is 7.51. The number of benzene rings is 2. The number of amides is 5. The number of nitrogens with zero attached hydrogens (tertiary/aromatic N) is 2. The number of hydrogen-bond acceptors (Lipinski definition) is 6. The highest BCUT2D eigenvalue weighted by Gasteiger charge is 2.69. The van der Waals surface area contributed by atoms with E-state index in [1.165, 1.54) is 16.0 Å². The summed E-state index contributed by atoms with van der Waals surface area (Å²) in [6.07, 6.45) is 3.69. The van der Waals surface area contributed by atoms with Crippen LogP contribution >= 0.6 is 0 Å². The maximum atomic E-state index is 14.0. The summed E-state index contributed by atoms with van der Waals surface area (Å²) in [5.74, 6) is -3.54. The number of ketones is 1. The van der Waals surface area contributed by atoms with Gasteiger partial charge in [-0.2, -0.15) is 0 Å². The SMILES string of the molecule is C=CCCC(NC(=O)[C@@H]1[C@@H]2[C@H](CN1C(=O)[C@@H](C)C1Cc3ccccc3C1)C2(C)C)C(=O)C(=O)NCC(=O)N[C@H](C(=O)N(C)C)c1ccccc1. The largest absolute Gasteiger partial charge is 0.347 e. The number of carbonyl (C=O) groups is 6. The highest BCUT2D eigenvalue weighted by atomic mass is 16.2. The zero-order valence-corrected chi connectivity index (χ0v) is 29.6. The number of allylic oxidation sites excluding steroid dienone is 1. The van der Waals surface area contributed by atoms with E-state index < -0.39 is 48.2 Å². The monoisotopic (exact) mass is 683 g/mol. The zero-order chi connectivity index (χ0) is 36.3. The van der Waals surface area contributed by atoms with Gasteiger partial charge in [-0.05, 0) is 65.5 Å². The fraction of sp³-hybridized carbons (Fsp3) is 0.487. The average molecular weight is 684 g/mol. The van der Waals surface area contributed by atoms with E-state index in [2.05, 4.69) is 48.5 Å². The van der Waals surface area contributed by atoms with Gasteiger partial charge in [0.25, 0.3) is 5.91 Å². The molecule has 5 amide bonds. The molecule has 1 aliphatic heterocycles. The normalized spacial score (nSPS) is 21.9. The number of likely N-dealkylation sites (N-methyl/N-ethyl adjacent to an activating group) is 1. The molecule has 3 aliphatic rings. The van der Waals surface area contributed by atoms with E-state index in [1.807, 2.05) is 19.1 Å². The number of nitrogens with one attached hydrogen (secondary N) is 3. The summed E-state index contributed by atoms with van der Waals surface area (Å²) in [4.78, 5) is 83.3. The van der Waals surface area contributed by atoms with Gasteiger partial charge in [0.05, 0.1) is 12.6 Å². The van der Waals surface area contributed by atoms with Crippen molar-refractivity contribution < 1.29 is 28.8 Å². The van der Waals surface area contributed by atoms with Crippen LogP contribution in [0, 0.1) is 29.1 Å². The van der Waals surface area contributed by atoms with Gasteiger partial charge in [-0.1, -0.05) is 81.4 Å². The summed E-state index contributed by atoms with van der Waals surface area (Å²) < 4.78 is 0. The second kappa shape index (κ2) is 15.0. The number of fused-ring (bicyclic) bond motifs is 2. The Morgan fingerprint density at radius 2 is 1.58 bits per heavy atom. The molecular weight excluding hydrogens is 634 g/mol. The van der Waals surface area contributed by atoms with Crippen molar-refractivity contribution in [2.45, 2.75) is 64.6 Å². The second-order valence-electron chi connectivity index (χ2n) is 14.7. The molecule has 11 heteroatoms.